The zero-order chi connectivity index (χ0) is 26.4. The van der Waals surface area contributed by atoms with E-state index in [4.69, 9.17) is 5.73 Å². The molecular weight excluding hydrogens is 487 g/mol. The Labute approximate surface area is 211 Å². The van der Waals surface area contributed by atoms with Gasteiger partial charge in [0.25, 0.3) is 5.91 Å². The van der Waals surface area contributed by atoms with Gasteiger partial charge in [0.05, 0.1) is 41.0 Å². The number of carbonyl (C=O) groups excluding carboxylic acids is 1. The highest BCUT2D eigenvalue weighted by Crippen LogP contribution is 2.41. The minimum Gasteiger partial charge on any atom is -0.391 e. The lowest BCUT2D eigenvalue weighted by atomic mass is 9.92. The molecule has 1 aromatic carbocycles. The van der Waals surface area contributed by atoms with Crippen molar-refractivity contribution in [1.82, 2.24) is 9.97 Å². The Hall–Kier alpha value is -3.54. The van der Waals surface area contributed by atoms with Gasteiger partial charge in [0, 0.05) is 30.6 Å². The molecule has 0 unspecified atom stereocenters. The monoisotopic (exact) mass is 513 g/mol. The summed E-state index contributed by atoms with van der Waals surface area (Å²) in [6.07, 6.45) is 0.994. The molecule has 2 aromatic heterocycles. The smallest absolute Gasteiger partial charge is 0.274 e. The fraction of sp³-hybridized carbons (Fsp3) is 0.346. The van der Waals surface area contributed by atoms with Crippen molar-refractivity contribution >= 4 is 17.3 Å². The molecule has 2 aliphatic rings. The summed E-state index contributed by atoms with van der Waals surface area (Å²) in [5, 5.41) is 23.4. The zero-order valence-electron chi connectivity index (χ0n) is 20.0. The van der Waals surface area contributed by atoms with Gasteiger partial charge in [-0.3, -0.25) is 9.78 Å². The van der Waals surface area contributed by atoms with Crippen molar-refractivity contribution in [3.8, 4) is 11.3 Å². The average molecular weight is 514 g/mol. The lowest BCUT2D eigenvalue weighted by Crippen LogP contribution is -2.56. The molecule has 194 valence electrons. The number of benzene rings is 1. The summed E-state index contributed by atoms with van der Waals surface area (Å²) in [6.45, 7) is 2.64. The van der Waals surface area contributed by atoms with E-state index in [1.807, 2.05) is 11.8 Å². The van der Waals surface area contributed by atoms with Gasteiger partial charge in [0.2, 0.25) is 0 Å². The van der Waals surface area contributed by atoms with E-state index in [9.17, 15) is 28.2 Å². The maximum Gasteiger partial charge on any atom is 0.274 e. The topological polar surface area (TPSA) is 125 Å². The highest BCUT2D eigenvalue weighted by molar-refractivity contribution is 6.05. The minimum atomic E-state index is -1.01. The SMILES string of the molecule is C[C@H]1CN(c2c(NC(=O)c3ccc(F)c(-c4c(F)cccc4F)n3)cnc3c2CC[C@H]3O)C[C@@H](N)[C@@H]1O. The van der Waals surface area contributed by atoms with Crippen molar-refractivity contribution in [1.29, 1.82) is 0 Å². The summed E-state index contributed by atoms with van der Waals surface area (Å²) in [4.78, 5) is 23.4. The number of halogens is 3. The molecule has 1 fully saturated rings. The number of rotatable bonds is 4. The molecule has 5 N–H and O–H groups in total. The van der Waals surface area contributed by atoms with E-state index in [-0.39, 0.29) is 11.6 Å². The number of nitrogens with one attached hydrogen (secondary N) is 1. The molecule has 0 saturated carbocycles. The van der Waals surface area contributed by atoms with Crippen molar-refractivity contribution in [3.63, 3.8) is 0 Å². The van der Waals surface area contributed by atoms with Crippen LogP contribution in [0.2, 0.25) is 0 Å². The quantitative estimate of drug-likeness (QED) is 0.423. The maximum atomic E-state index is 14.5. The Morgan fingerprint density at radius 3 is 2.54 bits per heavy atom. The van der Waals surface area contributed by atoms with E-state index in [1.54, 1.807) is 0 Å². The third-order valence-electron chi connectivity index (χ3n) is 6.97. The highest BCUT2D eigenvalue weighted by atomic mass is 19.1. The van der Waals surface area contributed by atoms with E-state index >= 15 is 0 Å². The summed E-state index contributed by atoms with van der Waals surface area (Å²) in [5.74, 6) is -3.90. The van der Waals surface area contributed by atoms with Crippen LogP contribution in [-0.2, 0) is 6.42 Å². The second-order valence-electron chi connectivity index (χ2n) is 9.55. The summed E-state index contributed by atoms with van der Waals surface area (Å²) in [7, 11) is 0. The summed E-state index contributed by atoms with van der Waals surface area (Å²) in [5.41, 5.74) is 6.85. The largest absolute Gasteiger partial charge is 0.391 e. The average Bonchev–Trinajstić information content (AvgIpc) is 3.23. The molecule has 8 nitrogen and oxygen atoms in total. The first-order chi connectivity index (χ1) is 17.7. The Kier molecular flexibility index (Phi) is 6.61. The fourth-order valence-corrected chi connectivity index (χ4v) is 5.11. The van der Waals surface area contributed by atoms with E-state index in [1.165, 1.54) is 6.20 Å². The van der Waals surface area contributed by atoms with E-state index in [2.05, 4.69) is 15.3 Å². The summed E-state index contributed by atoms with van der Waals surface area (Å²) < 4.78 is 43.1. The number of fused-ring (bicyclic) bond motifs is 1. The lowest BCUT2D eigenvalue weighted by Gasteiger charge is -2.41. The highest BCUT2D eigenvalue weighted by Gasteiger charge is 2.36. The van der Waals surface area contributed by atoms with Crippen LogP contribution in [0.3, 0.4) is 0 Å². The number of nitrogens with two attached hydrogens (primary N) is 1. The fourth-order valence-electron chi connectivity index (χ4n) is 5.11. The third-order valence-corrected chi connectivity index (χ3v) is 6.97. The van der Waals surface area contributed by atoms with Crippen LogP contribution in [-0.4, -0.2) is 51.3 Å². The van der Waals surface area contributed by atoms with Gasteiger partial charge in [-0.05, 0) is 37.1 Å². The van der Waals surface area contributed by atoms with Crippen LogP contribution in [0.5, 0.6) is 0 Å². The number of hydrogen-bond donors (Lipinski definition) is 4. The van der Waals surface area contributed by atoms with Gasteiger partial charge in [-0.2, -0.15) is 0 Å². The van der Waals surface area contributed by atoms with Crippen LogP contribution in [0.1, 0.15) is 41.2 Å². The number of anilines is 2. The van der Waals surface area contributed by atoms with Gasteiger partial charge >= 0.3 is 0 Å². The number of aliphatic hydroxyl groups is 2. The molecule has 3 aromatic rings. The van der Waals surface area contributed by atoms with Crippen molar-refractivity contribution in [2.75, 3.05) is 23.3 Å². The van der Waals surface area contributed by atoms with Crippen LogP contribution in [0.4, 0.5) is 24.5 Å². The summed E-state index contributed by atoms with van der Waals surface area (Å²) >= 11 is 0. The van der Waals surface area contributed by atoms with Crippen molar-refractivity contribution in [2.24, 2.45) is 11.7 Å². The Balaban J connectivity index is 1.52. The van der Waals surface area contributed by atoms with Gasteiger partial charge in [-0.25, -0.2) is 18.2 Å². The minimum absolute atomic E-state index is 0.153. The molecule has 11 heteroatoms. The number of hydrogen-bond acceptors (Lipinski definition) is 7. The van der Waals surface area contributed by atoms with E-state index < -0.39 is 52.9 Å². The lowest BCUT2D eigenvalue weighted by molar-refractivity contribution is 0.0784. The number of amides is 1. The van der Waals surface area contributed by atoms with Gasteiger partial charge in [-0.1, -0.05) is 13.0 Å². The van der Waals surface area contributed by atoms with Gasteiger partial charge in [0.1, 0.15) is 28.8 Å². The van der Waals surface area contributed by atoms with Crippen LogP contribution < -0.4 is 16.0 Å². The molecule has 1 aliphatic carbocycles. The van der Waals surface area contributed by atoms with Crippen LogP contribution in [0, 0.1) is 23.4 Å². The first kappa shape index (κ1) is 25.1. The van der Waals surface area contributed by atoms with E-state index in [0.717, 1.165) is 35.9 Å². The third kappa shape index (κ3) is 4.54. The number of aromatic nitrogens is 2. The van der Waals surface area contributed by atoms with Crippen molar-refractivity contribution < 1.29 is 28.2 Å². The summed E-state index contributed by atoms with van der Waals surface area (Å²) in [6, 6.07) is 4.61. The molecule has 1 saturated heterocycles. The Bertz CT molecular complexity index is 1340. The van der Waals surface area contributed by atoms with Crippen LogP contribution >= 0.6 is 0 Å². The van der Waals surface area contributed by atoms with Crippen molar-refractivity contribution in [3.05, 3.63) is 70.9 Å². The molecule has 5 rings (SSSR count). The van der Waals surface area contributed by atoms with Gasteiger partial charge < -0.3 is 26.2 Å². The van der Waals surface area contributed by atoms with Gasteiger partial charge in [0.15, 0.2) is 0 Å². The molecular formula is C26H26F3N5O3. The molecule has 0 spiro atoms. The van der Waals surface area contributed by atoms with Crippen LogP contribution in [0.15, 0.2) is 36.5 Å². The molecule has 1 amide bonds. The molecule has 4 atom stereocenters. The van der Waals surface area contributed by atoms with E-state index in [0.29, 0.717) is 43.0 Å². The molecule has 37 heavy (non-hydrogen) atoms. The predicted molar refractivity (Wildman–Crippen MR) is 130 cm³/mol. The number of aliphatic hydroxyl groups excluding tert-OH is 2. The molecule has 1 aliphatic heterocycles. The number of nitrogens with zero attached hydrogens (tertiary/aromatic N) is 3. The maximum absolute atomic E-state index is 14.5. The Morgan fingerprint density at radius 1 is 1.11 bits per heavy atom. The first-order valence-electron chi connectivity index (χ1n) is 12.0. The standard InChI is InChI=1S/C26H26F3N5O3/c1-12-10-34(11-17(30)25(12)36)24-13-5-8-20(35)22(13)31-9-19(24)33-26(37)18-7-6-16(29)23(32-18)21-14(27)3-2-4-15(21)28/h2-4,6-7,9,12,17,20,25,35-36H,5,8,10-11,30H2,1H3,(H,33,37)/t12-,17+,20+,25+/m0/s1. The molecule has 3 heterocycles. The van der Waals surface area contributed by atoms with Gasteiger partial charge in [-0.15, -0.1) is 0 Å². The zero-order valence-corrected chi connectivity index (χ0v) is 20.0. The second-order valence-corrected chi connectivity index (χ2v) is 9.55. The normalized spacial score (nSPS) is 23.2. The van der Waals surface area contributed by atoms with Crippen molar-refractivity contribution in [2.45, 2.75) is 38.0 Å². The second kappa shape index (κ2) is 9.73. The predicted octanol–water partition coefficient (Wildman–Crippen LogP) is 2.94. The first-order valence-corrected chi connectivity index (χ1v) is 12.0. The Morgan fingerprint density at radius 2 is 1.84 bits per heavy atom. The molecule has 0 bridgehead atoms. The molecule has 0 radical (unpaired) electrons. The number of carbonyl (C=O) groups is 1. The number of piperidine rings is 1. The van der Waals surface area contributed by atoms with Crippen LogP contribution in [0.25, 0.3) is 11.3 Å². The number of pyridine rings is 2.